The number of aromatic hydroxyl groups is 2. The van der Waals surface area contributed by atoms with Gasteiger partial charge in [-0.1, -0.05) is 16.0 Å². The highest BCUT2D eigenvalue weighted by molar-refractivity contribution is 7.13. The van der Waals surface area contributed by atoms with Gasteiger partial charge in [0.1, 0.15) is 11.5 Å². The Balaban J connectivity index is 1.99. The van der Waals surface area contributed by atoms with Crippen LogP contribution in [0.2, 0.25) is 0 Å². The maximum atomic E-state index is 10.3. The molecule has 1 unspecified atom stereocenters. The van der Waals surface area contributed by atoms with Crippen molar-refractivity contribution in [2.24, 2.45) is 5.92 Å². The molecule has 0 aliphatic carbocycles. The first-order valence-corrected chi connectivity index (χ1v) is 8.25. The van der Waals surface area contributed by atoms with Crippen molar-refractivity contribution in [3.05, 3.63) is 29.8 Å². The average Bonchev–Trinajstić information content (AvgIpc) is 2.50. The van der Waals surface area contributed by atoms with Crippen molar-refractivity contribution in [3.63, 3.8) is 0 Å². The molecule has 4 nitrogen and oxygen atoms in total. The number of hydrogen-bond acceptors (Lipinski definition) is 4. The van der Waals surface area contributed by atoms with Gasteiger partial charge in [0, 0.05) is 25.8 Å². The van der Waals surface area contributed by atoms with Gasteiger partial charge in [-0.3, -0.25) is 4.67 Å². The SMILES string of the molecule is C=C(CCC1CCN(P)CC1)c1ccc(O)c(COC)c1O. The molecule has 0 radical (unpaired) electrons. The summed E-state index contributed by atoms with van der Waals surface area (Å²) in [5.74, 6) is 0.876. The minimum atomic E-state index is 0.0590. The molecular weight excluding hydrogens is 297 g/mol. The van der Waals surface area contributed by atoms with E-state index in [9.17, 15) is 10.2 Å². The lowest BCUT2D eigenvalue weighted by Gasteiger charge is -2.28. The van der Waals surface area contributed by atoms with Gasteiger partial charge >= 0.3 is 0 Å². The van der Waals surface area contributed by atoms with Gasteiger partial charge in [0.05, 0.1) is 12.2 Å². The van der Waals surface area contributed by atoms with Crippen LogP contribution < -0.4 is 0 Å². The van der Waals surface area contributed by atoms with Crippen molar-refractivity contribution >= 4 is 15.0 Å². The van der Waals surface area contributed by atoms with Crippen LogP contribution in [0.1, 0.15) is 36.8 Å². The summed E-state index contributed by atoms with van der Waals surface area (Å²) in [5.41, 5.74) is 2.06. The molecule has 1 heterocycles. The lowest BCUT2D eigenvalue weighted by atomic mass is 9.89. The molecule has 22 heavy (non-hydrogen) atoms. The summed E-state index contributed by atoms with van der Waals surface area (Å²) in [7, 11) is 4.31. The van der Waals surface area contributed by atoms with E-state index in [2.05, 4.69) is 20.6 Å². The number of rotatable bonds is 6. The van der Waals surface area contributed by atoms with Crippen LogP contribution in [0.4, 0.5) is 0 Å². The molecule has 5 heteroatoms. The Morgan fingerprint density at radius 2 is 2.05 bits per heavy atom. The topological polar surface area (TPSA) is 52.9 Å². The lowest BCUT2D eigenvalue weighted by molar-refractivity contribution is 0.179. The summed E-state index contributed by atoms with van der Waals surface area (Å²) in [6, 6.07) is 3.33. The Bertz CT molecular complexity index is 525. The minimum absolute atomic E-state index is 0.0590. The molecule has 0 aromatic heterocycles. The third kappa shape index (κ3) is 4.22. The van der Waals surface area contributed by atoms with Crippen molar-refractivity contribution in [1.82, 2.24) is 4.67 Å². The molecule has 1 aliphatic heterocycles. The van der Waals surface area contributed by atoms with E-state index in [4.69, 9.17) is 4.74 Å². The molecule has 0 amide bonds. The van der Waals surface area contributed by atoms with E-state index in [0.29, 0.717) is 11.1 Å². The summed E-state index contributed by atoms with van der Waals surface area (Å²) in [6.07, 6.45) is 4.39. The predicted octanol–water partition coefficient (Wildman–Crippen LogP) is 3.54. The maximum Gasteiger partial charge on any atom is 0.132 e. The van der Waals surface area contributed by atoms with Gasteiger partial charge in [0.25, 0.3) is 0 Å². The first-order valence-electron chi connectivity index (χ1n) is 7.73. The fraction of sp³-hybridized carbons (Fsp3) is 0.529. The summed E-state index contributed by atoms with van der Waals surface area (Å²) in [5, 5.41) is 20.1. The Morgan fingerprint density at radius 3 is 2.68 bits per heavy atom. The van der Waals surface area contributed by atoms with Crippen LogP contribution in [-0.2, 0) is 11.3 Å². The fourth-order valence-corrected chi connectivity index (χ4v) is 3.25. The quantitative estimate of drug-likeness (QED) is 0.786. The smallest absolute Gasteiger partial charge is 0.132 e. The molecule has 0 spiro atoms. The number of piperidine rings is 1. The van der Waals surface area contributed by atoms with E-state index in [1.54, 1.807) is 19.2 Å². The van der Waals surface area contributed by atoms with Crippen molar-refractivity contribution in [2.75, 3.05) is 20.2 Å². The van der Waals surface area contributed by atoms with Gasteiger partial charge < -0.3 is 14.9 Å². The number of phenols is 2. The van der Waals surface area contributed by atoms with Crippen molar-refractivity contribution < 1.29 is 14.9 Å². The standard InChI is InChI=1S/C17H26NO3P/c1-12(3-4-13-7-9-18(22)10-8-13)14-5-6-16(19)15(11-21-2)17(14)20/h5-6,13,19-20H,1,3-4,7-11,22H2,2H3. The summed E-state index contributed by atoms with van der Waals surface area (Å²) in [4.78, 5) is 0. The summed E-state index contributed by atoms with van der Waals surface area (Å²) < 4.78 is 7.32. The molecule has 1 aromatic carbocycles. The van der Waals surface area contributed by atoms with Gasteiger partial charge in [-0.2, -0.15) is 0 Å². The first-order chi connectivity index (χ1) is 10.5. The molecule has 122 valence electrons. The van der Waals surface area contributed by atoms with E-state index in [0.717, 1.165) is 37.4 Å². The van der Waals surface area contributed by atoms with E-state index in [1.807, 2.05) is 0 Å². The Morgan fingerprint density at radius 1 is 1.36 bits per heavy atom. The monoisotopic (exact) mass is 323 g/mol. The van der Waals surface area contributed by atoms with E-state index in [1.165, 1.54) is 12.8 Å². The van der Waals surface area contributed by atoms with E-state index >= 15 is 0 Å². The van der Waals surface area contributed by atoms with Crippen LogP contribution in [0.3, 0.4) is 0 Å². The van der Waals surface area contributed by atoms with Gasteiger partial charge in [0.2, 0.25) is 0 Å². The minimum Gasteiger partial charge on any atom is -0.507 e. The fourth-order valence-electron chi connectivity index (χ4n) is 2.95. The largest absolute Gasteiger partial charge is 0.507 e. The Labute approximate surface area is 135 Å². The third-order valence-electron chi connectivity index (χ3n) is 4.43. The van der Waals surface area contributed by atoms with Crippen molar-refractivity contribution in [2.45, 2.75) is 32.3 Å². The lowest BCUT2D eigenvalue weighted by Crippen LogP contribution is -2.25. The number of methoxy groups -OCH3 is 1. The third-order valence-corrected chi connectivity index (χ3v) is 4.95. The number of hydrogen-bond donors (Lipinski definition) is 2. The molecule has 2 rings (SSSR count). The van der Waals surface area contributed by atoms with Crippen molar-refractivity contribution in [3.8, 4) is 11.5 Å². The summed E-state index contributed by atoms with van der Waals surface area (Å²) >= 11 is 0. The van der Waals surface area contributed by atoms with Crippen LogP contribution in [0.25, 0.3) is 5.57 Å². The highest BCUT2D eigenvalue weighted by Crippen LogP contribution is 2.37. The van der Waals surface area contributed by atoms with Crippen LogP contribution in [-0.4, -0.2) is 35.1 Å². The summed E-state index contributed by atoms with van der Waals surface area (Å²) in [6.45, 7) is 6.56. The Hall–Kier alpha value is -1.09. The molecule has 0 bridgehead atoms. The number of allylic oxidation sites excluding steroid dienone is 1. The maximum absolute atomic E-state index is 10.3. The van der Waals surface area contributed by atoms with E-state index < -0.39 is 0 Å². The highest BCUT2D eigenvalue weighted by atomic mass is 31.0. The zero-order valence-electron chi connectivity index (χ0n) is 13.2. The second kappa shape index (κ2) is 7.96. The van der Waals surface area contributed by atoms with E-state index in [-0.39, 0.29) is 18.1 Å². The first kappa shape index (κ1) is 17.3. The number of benzene rings is 1. The van der Waals surface area contributed by atoms with Crippen LogP contribution >= 0.6 is 9.39 Å². The Kier molecular flexibility index (Phi) is 6.25. The second-order valence-corrected chi connectivity index (χ2v) is 6.74. The number of ether oxygens (including phenoxy) is 1. The molecule has 0 saturated carbocycles. The number of phenolic OH excluding ortho intramolecular Hbond substituents is 2. The average molecular weight is 323 g/mol. The molecular formula is C17H26NO3P. The molecule has 1 aromatic rings. The molecule has 2 N–H and O–H groups in total. The molecule has 1 aliphatic rings. The normalized spacial score (nSPS) is 16.8. The number of nitrogens with zero attached hydrogens (tertiary/aromatic N) is 1. The van der Waals surface area contributed by atoms with Gasteiger partial charge in [-0.05, 0) is 49.3 Å². The van der Waals surface area contributed by atoms with Gasteiger partial charge in [-0.25, -0.2) is 0 Å². The predicted molar refractivity (Wildman–Crippen MR) is 92.8 cm³/mol. The molecule has 1 fully saturated rings. The highest BCUT2D eigenvalue weighted by Gasteiger charge is 2.18. The van der Waals surface area contributed by atoms with Crippen molar-refractivity contribution in [1.29, 1.82) is 0 Å². The van der Waals surface area contributed by atoms with Gasteiger partial charge in [-0.15, -0.1) is 0 Å². The zero-order chi connectivity index (χ0) is 16.1. The van der Waals surface area contributed by atoms with Crippen LogP contribution in [0, 0.1) is 5.92 Å². The molecule has 1 atom stereocenters. The van der Waals surface area contributed by atoms with Crippen LogP contribution in [0.15, 0.2) is 18.7 Å². The van der Waals surface area contributed by atoms with Crippen LogP contribution in [0.5, 0.6) is 11.5 Å². The van der Waals surface area contributed by atoms with Gasteiger partial charge in [0.15, 0.2) is 0 Å². The zero-order valence-corrected chi connectivity index (χ0v) is 14.4. The second-order valence-electron chi connectivity index (χ2n) is 6.01. The molecule has 1 saturated heterocycles.